The van der Waals surface area contributed by atoms with Crippen molar-refractivity contribution in [3.05, 3.63) is 82.7 Å². The Morgan fingerprint density at radius 1 is 0.944 bits per heavy atom. The van der Waals surface area contributed by atoms with Gasteiger partial charge in [0.25, 0.3) is 5.91 Å². The second kappa shape index (κ2) is 12.4. The molecule has 0 atom stereocenters. The molecule has 8 heteroatoms. The van der Waals surface area contributed by atoms with Crippen LogP contribution >= 0.6 is 0 Å². The number of aromatic nitrogens is 1. The van der Waals surface area contributed by atoms with Crippen molar-refractivity contribution in [2.75, 3.05) is 25.1 Å². The molecule has 1 heterocycles. The number of anilines is 1. The molecular weight excluding hydrogens is 460 g/mol. The zero-order chi connectivity index (χ0) is 26.1. The van der Waals surface area contributed by atoms with Gasteiger partial charge in [0.05, 0.1) is 13.2 Å². The van der Waals surface area contributed by atoms with E-state index in [1.165, 1.54) is 6.08 Å². The van der Waals surface area contributed by atoms with Gasteiger partial charge in [0.1, 0.15) is 5.69 Å². The smallest absolute Gasteiger partial charge is 0.355 e. The SMILES string of the molecule is CCOC(=O)c1[nH]c(C)c(C(=O)/C=C/c2ccc(OCC(=O)Nc3ccccc3)c(OCC)c2)c1C. The van der Waals surface area contributed by atoms with Crippen molar-refractivity contribution < 1.29 is 28.6 Å². The van der Waals surface area contributed by atoms with Gasteiger partial charge in [0.2, 0.25) is 0 Å². The summed E-state index contributed by atoms with van der Waals surface area (Å²) in [6.45, 7) is 7.49. The lowest BCUT2D eigenvalue weighted by Gasteiger charge is -2.12. The molecule has 0 unspecified atom stereocenters. The fourth-order valence-corrected chi connectivity index (χ4v) is 3.66. The van der Waals surface area contributed by atoms with Gasteiger partial charge in [-0.05, 0) is 69.2 Å². The molecule has 0 saturated carbocycles. The number of carbonyl (C=O) groups excluding carboxylic acids is 3. The summed E-state index contributed by atoms with van der Waals surface area (Å²) in [5.41, 5.74) is 3.25. The number of para-hydroxylation sites is 1. The van der Waals surface area contributed by atoms with E-state index >= 15 is 0 Å². The molecule has 0 radical (unpaired) electrons. The normalized spacial score (nSPS) is 10.8. The van der Waals surface area contributed by atoms with Crippen LogP contribution in [0.3, 0.4) is 0 Å². The Hall–Kier alpha value is -4.33. The van der Waals surface area contributed by atoms with Gasteiger partial charge >= 0.3 is 5.97 Å². The number of aromatic amines is 1. The number of amides is 1. The molecule has 0 bridgehead atoms. The number of benzene rings is 2. The van der Waals surface area contributed by atoms with Gasteiger partial charge in [0.15, 0.2) is 23.9 Å². The summed E-state index contributed by atoms with van der Waals surface area (Å²) in [6, 6.07) is 14.3. The molecule has 0 aliphatic rings. The van der Waals surface area contributed by atoms with E-state index in [0.29, 0.717) is 46.2 Å². The highest BCUT2D eigenvalue weighted by Gasteiger charge is 2.21. The summed E-state index contributed by atoms with van der Waals surface area (Å²) in [4.78, 5) is 40.2. The highest BCUT2D eigenvalue weighted by molar-refractivity contribution is 6.10. The molecule has 0 aliphatic heterocycles. The lowest BCUT2D eigenvalue weighted by Crippen LogP contribution is -2.20. The van der Waals surface area contributed by atoms with E-state index in [1.54, 1.807) is 57.2 Å². The molecule has 1 amide bonds. The maximum Gasteiger partial charge on any atom is 0.355 e. The average molecular weight is 491 g/mol. The highest BCUT2D eigenvalue weighted by Crippen LogP contribution is 2.29. The standard InChI is InChI=1S/C28H30N2O6/c1-5-34-24-16-20(13-15-23(24)36-17-25(32)30-21-10-8-7-9-11-21)12-14-22(31)26-18(3)27(29-19(26)4)28(33)35-6-2/h7-16,29H,5-6,17H2,1-4H3,(H,30,32)/b14-12+. The Morgan fingerprint density at radius 3 is 2.39 bits per heavy atom. The molecule has 2 aromatic carbocycles. The van der Waals surface area contributed by atoms with Crippen LogP contribution in [0.1, 0.15) is 51.5 Å². The van der Waals surface area contributed by atoms with Crippen LogP contribution in [0.5, 0.6) is 11.5 Å². The molecule has 0 saturated heterocycles. The molecule has 2 N–H and O–H groups in total. The monoisotopic (exact) mass is 490 g/mol. The maximum atomic E-state index is 12.9. The van der Waals surface area contributed by atoms with Crippen LogP contribution in [0.4, 0.5) is 5.69 Å². The maximum absolute atomic E-state index is 12.9. The van der Waals surface area contributed by atoms with Crippen molar-refractivity contribution in [2.24, 2.45) is 0 Å². The average Bonchev–Trinajstić information content (AvgIpc) is 3.16. The Bertz CT molecular complexity index is 1260. The molecule has 36 heavy (non-hydrogen) atoms. The second-order valence-electron chi connectivity index (χ2n) is 7.89. The number of aryl methyl sites for hydroxylation is 1. The third-order valence-corrected chi connectivity index (χ3v) is 5.27. The number of carbonyl (C=O) groups is 3. The van der Waals surface area contributed by atoms with Crippen molar-refractivity contribution in [1.82, 2.24) is 4.98 Å². The van der Waals surface area contributed by atoms with E-state index in [-0.39, 0.29) is 30.6 Å². The summed E-state index contributed by atoms with van der Waals surface area (Å²) in [5.74, 6) is -0.154. The summed E-state index contributed by atoms with van der Waals surface area (Å²) in [6.07, 6.45) is 3.10. The Kier molecular flexibility index (Phi) is 9.05. The molecule has 1 aromatic heterocycles. The summed E-state index contributed by atoms with van der Waals surface area (Å²) in [5, 5.41) is 2.76. The second-order valence-corrected chi connectivity index (χ2v) is 7.89. The molecule has 3 rings (SSSR count). The van der Waals surface area contributed by atoms with E-state index in [1.807, 2.05) is 25.1 Å². The van der Waals surface area contributed by atoms with E-state index in [2.05, 4.69) is 10.3 Å². The van der Waals surface area contributed by atoms with Crippen molar-refractivity contribution in [3.8, 4) is 11.5 Å². The first-order chi connectivity index (χ1) is 17.3. The van der Waals surface area contributed by atoms with Gasteiger partial charge in [-0.3, -0.25) is 9.59 Å². The first kappa shape index (κ1) is 26.3. The van der Waals surface area contributed by atoms with Crippen LogP contribution in [0.15, 0.2) is 54.6 Å². The molecule has 3 aromatic rings. The number of ether oxygens (including phenoxy) is 3. The van der Waals surface area contributed by atoms with Gasteiger partial charge in [0, 0.05) is 16.9 Å². The number of hydrogen-bond donors (Lipinski definition) is 2. The highest BCUT2D eigenvalue weighted by atomic mass is 16.5. The minimum atomic E-state index is -0.490. The number of rotatable bonds is 11. The Labute approximate surface area is 210 Å². The Morgan fingerprint density at radius 2 is 1.69 bits per heavy atom. The quantitative estimate of drug-likeness (QED) is 0.219. The predicted octanol–water partition coefficient (Wildman–Crippen LogP) is 5.12. The van der Waals surface area contributed by atoms with E-state index in [0.717, 1.165) is 0 Å². The van der Waals surface area contributed by atoms with Crippen LogP contribution in [0.2, 0.25) is 0 Å². The number of H-pyrrole nitrogens is 1. The lowest BCUT2D eigenvalue weighted by molar-refractivity contribution is -0.118. The minimum Gasteiger partial charge on any atom is -0.490 e. The van der Waals surface area contributed by atoms with Gasteiger partial charge < -0.3 is 24.5 Å². The molecular formula is C28H30N2O6. The summed E-state index contributed by atoms with van der Waals surface area (Å²) < 4.78 is 16.4. The Balaban J connectivity index is 1.71. The molecule has 0 fully saturated rings. The van der Waals surface area contributed by atoms with E-state index in [4.69, 9.17) is 14.2 Å². The van der Waals surface area contributed by atoms with Crippen LogP contribution in [-0.2, 0) is 9.53 Å². The third-order valence-electron chi connectivity index (χ3n) is 5.27. The van der Waals surface area contributed by atoms with Crippen LogP contribution < -0.4 is 14.8 Å². The number of nitrogens with one attached hydrogen (secondary N) is 2. The number of hydrogen-bond acceptors (Lipinski definition) is 6. The first-order valence-corrected chi connectivity index (χ1v) is 11.7. The molecule has 188 valence electrons. The zero-order valence-electron chi connectivity index (χ0n) is 20.8. The van der Waals surface area contributed by atoms with Crippen molar-refractivity contribution >= 4 is 29.4 Å². The fraction of sp³-hybridized carbons (Fsp3) is 0.250. The van der Waals surface area contributed by atoms with Gasteiger partial charge in [-0.15, -0.1) is 0 Å². The molecule has 0 spiro atoms. The topological polar surface area (TPSA) is 107 Å². The van der Waals surface area contributed by atoms with Crippen molar-refractivity contribution in [1.29, 1.82) is 0 Å². The lowest BCUT2D eigenvalue weighted by atomic mass is 10.0. The zero-order valence-corrected chi connectivity index (χ0v) is 20.8. The third kappa shape index (κ3) is 6.63. The van der Waals surface area contributed by atoms with Crippen LogP contribution in [0, 0.1) is 13.8 Å². The summed E-state index contributed by atoms with van der Waals surface area (Å²) >= 11 is 0. The number of ketones is 1. The van der Waals surface area contributed by atoms with Crippen molar-refractivity contribution in [3.63, 3.8) is 0 Å². The number of esters is 1. The van der Waals surface area contributed by atoms with E-state index < -0.39 is 5.97 Å². The van der Waals surface area contributed by atoms with Crippen LogP contribution in [0.25, 0.3) is 6.08 Å². The fourth-order valence-electron chi connectivity index (χ4n) is 3.66. The number of allylic oxidation sites excluding steroid dienone is 1. The van der Waals surface area contributed by atoms with Gasteiger partial charge in [-0.2, -0.15) is 0 Å². The summed E-state index contributed by atoms with van der Waals surface area (Å²) in [7, 11) is 0. The first-order valence-electron chi connectivity index (χ1n) is 11.7. The largest absolute Gasteiger partial charge is 0.490 e. The van der Waals surface area contributed by atoms with Crippen LogP contribution in [-0.4, -0.2) is 42.5 Å². The van der Waals surface area contributed by atoms with Gasteiger partial charge in [-0.25, -0.2) is 4.79 Å². The van der Waals surface area contributed by atoms with Crippen molar-refractivity contribution in [2.45, 2.75) is 27.7 Å². The molecule has 8 nitrogen and oxygen atoms in total. The minimum absolute atomic E-state index is 0.183. The van der Waals surface area contributed by atoms with E-state index in [9.17, 15) is 14.4 Å². The molecule has 0 aliphatic carbocycles. The van der Waals surface area contributed by atoms with Gasteiger partial charge in [-0.1, -0.05) is 30.3 Å². The predicted molar refractivity (Wildman–Crippen MR) is 138 cm³/mol.